The van der Waals surface area contributed by atoms with Crippen LogP contribution in [0.25, 0.3) is 0 Å². The second kappa shape index (κ2) is 8.46. The van der Waals surface area contributed by atoms with Crippen LogP contribution in [0, 0.1) is 0 Å². The summed E-state index contributed by atoms with van der Waals surface area (Å²) in [7, 11) is 4.04. The van der Waals surface area contributed by atoms with Crippen molar-refractivity contribution in [2.75, 3.05) is 26.0 Å². The van der Waals surface area contributed by atoms with Gasteiger partial charge in [-0.1, -0.05) is 37.3 Å². The predicted molar refractivity (Wildman–Crippen MR) is 95.6 cm³/mol. The number of carbonyl (C=O) groups is 1. The largest absolute Gasteiger partial charge is 0.322 e. The zero-order chi connectivity index (χ0) is 16.7. The standard InChI is InChI=1S/C19H25N3O/c1-4-20-13-17-9-5-6-11-18(17)21-19(23)16-10-7-8-15(12-16)14-22(2)3/h5-12,20H,4,13-14H2,1-3H3,(H,21,23). The van der Waals surface area contributed by atoms with E-state index in [4.69, 9.17) is 0 Å². The average molecular weight is 311 g/mol. The van der Waals surface area contributed by atoms with E-state index in [0.29, 0.717) is 5.56 Å². The van der Waals surface area contributed by atoms with Crippen LogP contribution in [0.3, 0.4) is 0 Å². The molecule has 0 aliphatic heterocycles. The molecule has 0 bridgehead atoms. The third-order valence-electron chi connectivity index (χ3n) is 3.52. The molecule has 0 heterocycles. The Bertz CT molecular complexity index is 653. The van der Waals surface area contributed by atoms with Crippen molar-refractivity contribution in [1.29, 1.82) is 0 Å². The van der Waals surface area contributed by atoms with E-state index in [-0.39, 0.29) is 5.91 Å². The van der Waals surface area contributed by atoms with Crippen molar-refractivity contribution >= 4 is 11.6 Å². The van der Waals surface area contributed by atoms with Gasteiger partial charge in [0.05, 0.1) is 0 Å². The van der Waals surface area contributed by atoms with Crippen molar-refractivity contribution in [2.45, 2.75) is 20.0 Å². The summed E-state index contributed by atoms with van der Waals surface area (Å²) in [6, 6.07) is 15.7. The molecule has 0 saturated carbocycles. The normalized spacial score (nSPS) is 10.8. The molecule has 4 nitrogen and oxygen atoms in total. The average Bonchev–Trinajstić information content (AvgIpc) is 2.53. The molecule has 1 amide bonds. The first-order valence-corrected chi connectivity index (χ1v) is 7.93. The van der Waals surface area contributed by atoms with Crippen LogP contribution in [0.5, 0.6) is 0 Å². The molecule has 0 aliphatic carbocycles. The lowest BCUT2D eigenvalue weighted by atomic mass is 10.1. The fourth-order valence-electron chi connectivity index (χ4n) is 2.43. The van der Waals surface area contributed by atoms with Crippen LogP contribution in [-0.2, 0) is 13.1 Å². The van der Waals surface area contributed by atoms with Gasteiger partial charge in [-0.3, -0.25) is 4.79 Å². The molecule has 0 spiro atoms. The summed E-state index contributed by atoms with van der Waals surface area (Å²) >= 11 is 0. The van der Waals surface area contributed by atoms with Crippen LogP contribution < -0.4 is 10.6 Å². The van der Waals surface area contributed by atoms with Crippen molar-refractivity contribution in [2.24, 2.45) is 0 Å². The highest BCUT2D eigenvalue weighted by Gasteiger charge is 2.09. The number of hydrogen-bond acceptors (Lipinski definition) is 3. The van der Waals surface area contributed by atoms with Gasteiger partial charge >= 0.3 is 0 Å². The van der Waals surface area contributed by atoms with Crippen LogP contribution in [0.15, 0.2) is 48.5 Å². The minimum absolute atomic E-state index is 0.0745. The summed E-state index contributed by atoms with van der Waals surface area (Å²) in [5, 5.41) is 6.32. The zero-order valence-electron chi connectivity index (χ0n) is 14.1. The van der Waals surface area contributed by atoms with Crippen LogP contribution >= 0.6 is 0 Å². The Morgan fingerprint density at radius 3 is 2.61 bits per heavy atom. The number of carbonyl (C=O) groups excluding carboxylic acids is 1. The van der Waals surface area contributed by atoms with E-state index in [1.165, 1.54) is 0 Å². The van der Waals surface area contributed by atoms with Gasteiger partial charge in [0.15, 0.2) is 0 Å². The van der Waals surface area contributed by atoms with Crippen molar-refractivity contribution < 1.29 is 4.79 Å². The Labute approximate surface area is 138 Å². The van der Waals surface area contributed by atoms with Gasteiger partial charge in [0.1, 0.15) is 0 Å². The van der Waals surface area contributed by atoms with Crippen LogP contribution in [-0.4, -0.2) is 31.4 Å². The number of anilines is 1. The number of nitrogens with zero attached hydrogens (tertiary/aromatic N) is 1. The third-order valence-corrected chi connectivity index (χ3v) is 3.52. The Balaban J connectivity index is 2.13. The minimum atomic E-state index is -0.0745. The highest BCUT2D eigenvalue weighted by molar-refractivity contribution is 6.04. The number of nitrogens with one attached hydrogen (secondary N) is 2. The Morgan fingerprint density at radius 2 is 1.87 bits per heavy atom. The Morgan fingerprint density at radius 1 is 1.09 bits per heavy atom. The SMILES string of the molecule is CCNCc1ccccc1NC(=O)c1cccc(CN(C)C)c1. The molecular formula is C19H25N3O. The van der Waals surface area contributed by atoms with Crippen molar-refractivity contribution in [3.63, 3.8) is 0 Å². The zero-order valence-corrected chi connectivity index (χ0v) is 14.1. The van der Waals surface area contributed by atoms with Crippen LogP contribution in [0.1, 0.15) is 28.4 Å². The number of amides is 1. The second-order valence-corrected chi connectivity index (χ2v) is 5.83. The van der Waals surface area contributed by atoms with E-state index in [1.54, 1.807) is 0 Å². The van der Waals surface area contributed by atoms with Gasteiger partial charge < -0.3 is 15.5 Å². The smallest absolute Gasteiger partial charge is 0.255 e. The number of rotatable bonds is 7. The molecule has 4 heteroatoms. The fourth-order valence-corrected chi connectivity index (χ4v) is 2.43. The molecule has 0 radical (unpaired) electrons. The van der Waals surface area contributed by atoms with Crippen LogP contribution in [0.2, 0.25) is 0 Å². The topological polar surface area (TPSA) is 44.4 Å². The molecule has 122 valence electrons. The van der Waals surface area contributed by atoms with Gasteiger partial charge in [-0.25, -0.2) is 0 Å². The molecule has 0 saturated heterocycles. The summed E-state index contributed by atoms with van der Waals surface area (Å²) < 4.78 is 0. The van der Waals surface area contributed by atoms with Gasteiger partial charge in [0, 0.05) is 24.3 Å². The molecule has 2 N–H and O–H groups in total. The van der Waals surface area contributed by atoms with Gasteiger partial charge in [0.25, 0.3) is 5.91 Å². The highest BCUT2D eigenvalue weighted by atomic mass is 16.1. The summed E-state index contributed by atoms with van der Waals surface area (Å²) in [6.45, 7) is 4.53. The van der Waals surface area contributed by atoms with Gasteiger partial charge in [-0.15, -0.1) is 0 Å². The first-order chi connectivity index (χ1) is 11.1. The number of hydrogen-bond donors (Lipinski definition) is 2. The molecule has 0 aliphatic rings. The molecule has 0 atom stereocenters. The molecule has 2 aromatic rings. The van der Waals surface area contributed by atoms with Crippen molar-refractivity contribution in [3.05, 3.63) is 65.2 Å². The van der Waals surface area contributed by atoms with E-state index < -0.39 is 0 Å². The van der Waals surface area contributed by atoms with E-state index in [0.717, 1.165) is 36.4 Å². The van der Waals surface area contributed by atoms with E-state index in [1.807, 2.05) is 62.6 Å². The van der Waals surface area contributed by atoms with Gasteiger partial charge in [-0.05, 0) is 50.0 Å². The van der Waals surface area contributed by atoms with E-state index in [9.17, 15) is 4.79 Å². The van der Waals surface area contributed by atoms with Crippen LogP contribution in [0.4, 0.5) is 5.69 Å². The Hall–Kier alpha value is -2.17. The summed E-state index contributed by atoms with van der Waals surface area (Å²) in [5.41, 5.74) is 3.76. The second-order valence-electron chi connectivity index (χ2n) is 5.83. The summed E-state index contributed by atoms with van der Waals surface area (Å²) in [6.07, 6.45) is 0. The highest BCUT2D eigenvalue weighted by Crippen LogP contribution is 2.17. The summed E-state index contributed by atoms with van der Waals surface area (Å²) in [4.78, 5) is 14.6. The lowest BCUT2D eigenvalue weighted by Crippen LogP contribution is -2.17. The van der Waals surface area contributed by atoms with E-state index in [2.05, 4.69) is 22.5 Å². The number of para-hydroxylation sites is 1. The first-order valence-electron chi connectivity index (χ1n) is 7.93. The lowest BCUT2D eigenvalue weighted by Gasteiger charge is -2.13. The predicted octanol–water partition coefficient (Wildman–Crippen LogP) is 3.11. The maximum Gasteiger partial charge on any atom is 0.255 e. The quantitative estimate of drug-likeness (QED) is 0.826. The molecule has 0 unspecified atom stereocenters. The molecule has 23 heavy (non-hydrogen) atoms. The lowest BCUT2D eigenvalue weighted by molar-refractivity contribution is 0.102. The minimum Gasteiger partial charge on any atom is -0.322 e. The molecule has 2 rings (SSSR count). The fraction of sp³-hybridized carbons (Fsp3) is 0.316. The van der Waals surface area contributed by atoms with Gasteiger partial charge in [-0.2, -0.15) is 0 Å². The number of benzene rings is 2. The van der Waals surface area contributed by atoms with Gasteiger partial charge in [0.2, 0.25) is 0 Å². The monoisotopic (exact) mass is 311 g/mol. The Kier molecular flexibility index (Phi) is 6.32. The maximum absolute atomic E-state index is 12.5. The third kappa shape index (κ3) is 5.20. The molecule has 0 aromatic heterocycles. The summed E-state index contributed by atoms with van der Waals surface area (Å²) in [5.74, 6) is -0.0745. The van der Waals surface area contributed by atoms with E-state index >= 15 is 0 Å². The van der Waals surface area contributed by atoms with Crippen molar-refractivity contribution in [1.82, 2.24) is 10.2 Å². The van der Waals surface area contributed by atoms with Crippen molar-refractivity contribution in [3.8, 4) is 0 Å². The first kappa shape index (κ1) is 17.2. The molecule has 0 fully saturated rings. The maximum atomic E-state index is 12.5. The molecule has 2 aromatic carbocycles. The molecular weight excluding hydrogens is 286 g/mol.